The van der Waals surface area contributed by atoms with Crippen molar-refractivity contribution in [3.63, 3.8) is 0 Å². The summed E-state index contributed by atoms with van der Waals surface area (Å²) < 4.78 is 56.2. The molecule has 3 aromatic carbocycles. The molecule has 0 spiro atoms. The van der Waals surface area contributed by atoms with Crippen LogP contribution in [0.5, 0.6) is 11.5 Å². The molecule has 0 aromatic heterocycles. The van der Waals surface area contributed by atoms with Gasteiger partial charge in [-0.3, -0.25) is 0 Å². The molecule has 0 aliphatic rings. The first-order valence-corrected chi connectivity index (χ1v) is 10.4. The van der Waals surface area contributed by atoms with Crippen molar-refractivity contribution in [2.24, 2.45) is 15.4 Å². The van der Waals surface area contributed by atoms with Crippen LogP contribution in [0.4, 0.5) is 11.4 Å². The van der Waals surface area contributed by atoms with E-state index in [-0.39, 0.29) is 74.0 Å². The van der Waals surface area contributed by atoms with E-state index in [2.05, 4.69) is 10.2 Å². The maximum absolute atomic E-state index is 12.1. The molecule has 3 aromatic rings. The second-order valence-corrected chi connectivity index (χ2v) is 8.56. The molecule has 0 bridgehead atoms. The van der Waals surface area contributed by atoms with Gasteiger partial charge in [0.2, 0.25) is 10.0 Å². The van der Waals surface area contributed by atoms with Crippen LogP contribution in [-0.2, 0) is 37.5 Å². The first-order valence-electron chi connectivity index (χ1n) is 7.42. The summed E-state index contributed by atoms with van der Waals surface area (Å²) in [6.07, 6.45) is 0. The standard InChI is InChI=1S/C16H13N3O7S2.Cr.Na/c17-27(22,23)10-3-6-14(20)13(8-10)18-19-16-12-4-2-11(28(24,25)26)7-9(12)1-5-15(16)21;;/h1-8,20-21H,(H2,17,22,23)(H,24,25,26);;/q;+2;+1/p-3. The van der Waals surface area contributed by atoms with Crippen molar-refractivity contribution in [2.75, 3.05) is 0 Å². The zero-order valence-corrected chi connectivity index (χ0v) is 20.1. The van der Waals surface area contributed by atoms with E-state index in [0.29, 0.717) is 0 Å². The number of fused-ring (bicyclic) bond motifs is 1. The average Bonchev–Trinajstić information content (AvgIpc) is 2.60. The van der Waals surface area contributed by atoms with Gasteiger partial charge in [-0.25, -0.2) is 22.0 Å². The number of nitrogens with zero attached hydrogens (tertiary/aromatic N) is 2. The number of primary sulfonamides is 1. The Morgan fingerprint density at radius 2 is 1.40 bits per heavy atom. The van der Waals surface area contributed by atoms with Gasteiger partial charge in [0.1, 0.15) is 10.1 Å². The minimum atomic E-state index is -4.69. The third kappa shape index (κ3) is 5.79. The summed E-state index contributed by atoms with van der Waals surface area (Å²) in [6.45, 7) is 0. The predicted octanol–water partition coefficient (Wildman–Crippen LogP) is -2.04. The summed E-state index contributed by atoms with van der Waals surface area (Å²) in [4.78, 5) is -0.837. The van der Waals surface area contributed by atoms with Gasteiger partial charge in [0.25, 0.3) is 0 Å². The van der Waals surface area contributed by atoms with Crippen LogP contribution in [0.3, 0.4) is 0 Å². The van der Waals surface area contributed by atoms with Gasteiger partial charge >= 0.3 is 46.9 Å². The average molecular weight is 495 g/mol. The molecule has 0 amide bonds. The number of rotatable bonds is 4. The van der Waals surface area contributed by atoms with E-state index in [1.54, 1.807) is 0 Å². The fourth-order valence-electron chi connectivity index (χ4n) is 2.39. The van der Waals surface area contributed by atoms with E-state index in [1.165, 1.54) is 12.1 Å². The zero-order valence-electron chi connectivity index (χ0n) is 15.2. The Morgan fingerprint density at radius 3 is 2.00 bits per heavy atom. The van der Waals surface area contributed by atoms with Crippen molar-refractivity contribution >= 4 is 42.3 Å². The van der Waals surface area contributed by atoms with Crippen molar-refractivity contribution < 1.29 is 78.5 Å². The van der Waals surface area contributed by atoms with Crippen LogP contribution in [-0.4, -0.2) is 21.4 Å². The molecule has 0 fully saturated rings. The van der Waals surface area contributed by atoms with Crippen LogP contribution < -0.4 is 44.9 Å². The molecular formula is C16H10CrN3NaO7S2. The summed E-state index contributed by atoms with van der Waals surface area (Å²) in [6, 6.07) is 8.59. The van der Waals surface area contributed by atoms with Gasteiger partial charge in [-0.2, -0.15) is 10.2 Å². The van der Waals surface area contributed by atoms with E-state index < -0.39 is 36.5 Å². The van der Waals surface area contributed by atoms with Gasteiger partial charge in [-0.15, -0.1) is 0 Å². The molecule has 14 heteroatoms. The molecule has 0 heterocycles. The smallest absolute Gasteiger partial charge is 0.871 e. The van der Waals surface area contributed by atoms with E-state index in [0.717, 1.165) is 36.4 Å². The maximum atomic E-state index is 12.1. The molecule has 3 rings (SSSR count). The van der Waals surface area contributed by atoms with Gasteiger partial charge < -0.3 is 14.8 Å². The Balaban J connectivity index is 0.00000225. The second kappa shape index (κ2) is 9.73. The van der Waals surface area contributed by atoms with E-state index in [9.17, 15) is 31.6 Å². The van der Waals surface area contributed by atoms with Gasteiger partial charge in [0, 0.05) is 5.39 Å². The molecule has 0 aliphatic heterocycles. The number of hydrogen-bond donors (Lipinski definition) is 1. The van der Waals surface area contributed by atoms with Gasteiger partial charge in [0.15, 0.2) is 0 Å². The van der Waals surface area contributed by atoms with E-state index in [1.807, 2.05) is 0 Å². The number of azo groups is 1. The van der Waals surface area contributed by atoms with E-state index in [4.69, 9.17) is 5.14 Å². The molecule has 10 nitrogen and oxygen atoms in total. The summed E-state index contributed by atoms with van der Waals surface area (Å²) in [5.74, 6) is -1.23. The molecule has 2 N–H and O–H groups in total. The minimum absolute atomic E-state index is 0. The minimum Gasteiger partial charge on any atom is -0.871 e. The van der Waals surface area contributed by atoms with Crippen molar-refractivity contribution in [1.82, 2.24) is 0 Å². The van der Waals surface area contributed by atoms with Crippen LogP contribution in [0, 0.1) is 0 Å². The third-order valence-electron chi connectivity index (χ3n) is 3.73. The fraction of sp³-hybridized carbons (Fsp3) is 0. The molecule has 0 saturated carbocycles. The zero-order chi connectivity index (χ0) is 20.7. The Labute approximate surface area is 204 Å². The Kier molecular flexibility index (Phi) is 8.60. The summed E-state index contributed by atoms with van der Waals surface area (Å²) in [5, 5.41) is 36.8. The molecule has 150 valence electrons. The van der Waals surface area contributed by atoms with Crippen molar-refractivity contribution in [3.05, 3.63) is 48.5 Å². The number of hydrogen-bond acceptors (Lipinski definition) is 9. The molecule has 0 unspecified atom stereocenters. The van der Waals surface area contributed by atoms with Crippen molar-refractivity contribution in [3.8, 4) is 11.5 Å². The SMILES string of the molecule is NS(=O)(=O)c1ccc([O-])c(N=Nc2c([O-])ccc3cc(S(=O)(=O)[O-])ccc23)c1.[Cr+2].[Na+]. The third-order valence-corrected chi connectivity index (χ3v) is 5.47. The first kappa shape index (κ1) is 26.5. The van der Waals surface area contributed by atoms with Crippen molar-refractivity contribution in [1.29, 1.82) is 0 Å². The number of nitrogens with two attached hydrogens (primary N) is 1. The van der Waals surface area contributed by atoms with E-state index >= 15 is 0 Å². The number of benzene rings is 3. The predicted molar refractivity (Wildman–Crippen MR) is 92.8 cm³/mol. The Morgan fingerprint density at radius 1 is 0.800 bits per heavy atom. The summed E-state index contributed by atoms with van der Waals surface area (Å²) >= 11 is 0. The van der Waals surface area contributed by atoms with Gasteiger partial charge in [-0.05, 0) is 29.7 Å². The van der Waals surface area contributed by atoms with Crippen LogP contribution in [0.25, 0.3) is 10.8 Å². The maximum Gasteiger partial charge on any atom is 2.00 e. The summed E-state index contributed by atoms with van der Waals surface area (Å²) in [5.41, 5.74) is -0.575. The molecule has 30 heavy (non-hydrogen) atoms. The molecule has 0 atom stereocenters. The summed E-state index contributed by atoms with van der Waals surface area (Å²) in [7, 11) is -8.76. The van der Waals surface area contributed by atoms with Crippen molar-refractivity contribution in [2.45, 2.75) is 9.79 Å². The Bertz CT molecular complexity index is 1350. The van der Waals surface area contributed by atoms with Crippen LogP contribution in [0.2, 0.25) is 0 Å². The van der Waals surface area contributed by atoms with Gasteiger partial charge in [-0.1, -0.05) is 35.8 Å². The van der Waals surface area contributed by atoms with Gasteiger partial charge in [0.05, 0.1) is 21.2 Å². The fourth-order valence-corrected chi connectivity index (χ4v) is 3.43. The van der Waals surface area contributed by atoms with Crippen LogP contribution >= 0.6 is 0 Å². The largest absolute Gasteiger partial charge is 2.00 e. The normalized spacial score (nSPS) is 11.8. The molecule has 0 saturated heterocycles. The molecule has 0 aliphatic carbocycles. The molecule has 0 radical (unpaired) electrons. The first-order chi connectivity index (χ1) is 13.0. The topological polar surface area (TPSA) is 188 Å². The monoisotopic (exact) mass is 495 g/mol. The van der Waals surface area contributed by atoms with Crippen LogP contribution in [0.15, 0.2) is 68.6 Å². The Hall–Kier alpha value is -1.53. The quantitative estimate of drug-likeness (QED) is 0.245. The second-order valence-electron chi connectivity index (χ2n) is 5.62. The molecular weight excluding hydrogens is 485 g/mol. The number of sulfonamides is 1. The van der Waals surface area contributed by atoms with Crippen LogP contribution in [0.1, 0.15) is 0 Å².